The minimum absolute atomic E-state index is 0.0470. The summed E-state index contributed by atoms with van der Waals surface area (Å²) in [5.41, 5.74) is 0.355. The Hall–Kier alpha value is -4.02. The van der Waals surface area contributed by atoms with Crippen molar-refractivity contribution in [2.45, 2.75) is 31.7 Å². The zero-order valence-electron chi connectivity index (χ0n) is 19.6. The minimum Gasteiger partial charge on any atom is -0.362 e. The highest BCUT2D eigenvalue weighted by Crippen LogP contribution is 2.28. The van der Waals surface area contributed by atoms with Crippen LogP contribution in [0.15, 0.2) is 42.5 Å². The number of anilines is 3. The van der Waals surface area contributed by atoms with E-state index in [4.69, 9.17) is 4.98 Å². The maximum atomic E-state index is 13.3. The summed E-state index contributed by atoms with van der Waals surface area (Å²) in [5, 5.41) is 20.8. The largest absolute Gasteiger partial charge is 0.362 e. The topological polar surface area (TPSA) is 125 Å². The van der Waals surface area contributed by atoms with Crippen LogP contribution in [0, 0.1) is 21.8 Å². The number of nitrogens with zero attached hydrogens (tertiary/aromatic N) is 4. The van der Waals surface area contributed by atoms with E-state index in [1.165, 1.54) is 6.07 Å². The van der Waals surface area contributed by atoms with Crippen LogP contribution in [0.3, 0.4) is 0 Å². The Bertz CT molecular complexity index is 1230. The van der Waals surface area contributed by atoms with Gasteiger partial charge in [0.25, 0.3) is 5.69 Å². The van der Waals surface area contributed by atoms with Crippen LogP contribution in [-0.4, -0.2) is 47.6 Å². The fraction of sp³-hybridized carbons (Fsp3) is 0.375. The maximum absolute atomic E-state index is 13.3. The van der Waals surface area contributed by atoms with E-state index in [0.717, 1.165) is 54.5 Å². The average Bonchev–Trinajstić information content (AvgIpc) is 2.84. The number of carbonyl (C=O) groups excluding carboxylic acids is 1. The minimum atomic E-state index is -0.736. The lowest BCUT2D eigenvalue weighted by molar-refractivity contribution is -0.384. The molecular weight excluding hydrogens is 453 g/mol. The molecule has 3 aromatic rings. The maximum Gasteiger partial charge on any atom is 0.319 e. The first-order valence-corrected chi connectivity index (χ1v) is 11.5. The van der Waals surface area contributed by atoms with Crippen LogP contribution in [0.25, 0.3) is 10.9 Å². The average molecular weight is 482 g/mol. The van der Waals surface area contributed by atoms with Crippen molar-refractivity contribution in [3.05, 3.63) is 58.4 Å². The van der Waals surface area contributed by atoms with E-state index in [0.29, 0.717) is 12.5 Å². The molecule has 0 unspecified atom stereocenters. The third kappa shape index (κ3) is 5.92. The first kappa shape index (κ1) is 24.1. The number of urea groups is 1. The van der Waals surface area contributed by atoms with E-state index < -0.39 is 22.5 Å². The predicted molar refractivity (Wildman–Crippen MR) is 133 cm³/mol. The molecule has 10 nitrogen and oxygen atoms in total. The van der Waals surface area contributed by atoms with E-state index in [-0.39, 0.29) is 17.6 Å². The molecule has 0 bridgehead atoms. The van der Waals surface area contributed by atoms with Crippen molar-refractivity contribution in [1.29, 1.82) is 0 Å². The number of hydrogen-bond donors (Lipinski definition) is 3. The number of nitro groups is 1. The van der Waals surface area contributed by atoms with E-state index in [1.54, 1.807) is 0 Å². The predicted octanol–water partition coefficient (Wildman–Crippen LogP) is 4.54. The number of nitro benzene ring substituents is 1. The molecule has 35 heavy (non-hydrogen) atoms. The fourth-order valence-corrected chi connectivity index (χ4v) is 4.32. The van der Waals surface area contributed by atoms with Gasteiger partial charge >= 0.3 is 6.03 Å². The number of halogens is 1. The van der Waals surface area contributed by atoms with E-state index in [1.807, 2.05) is 43.3 Å². The second-order valence-electron chi connectivity index (χ2n) is 8.90. The van der Waals surface area contributed by atoms with Gasteiger partial charge in [-0.1, -0.05) is 12.1 Å². The zero-order chi connectivity index (χ0) is 24.9. The molecule has 4 rings (SSSR count). The fourth-order valence-electron chi connectivity index (χ4n) is 4.32. The summed E-state index contributed by atoms with van der Waals surface area (Å²) in [5.74, 6) is 1.02. The molecule has 0 atom stereocenters. The van der Waals surface area contributed by atoms with Gasteiger partial charge in [-0.05, 0) is 55.9 Å². The molecule has 11 heteroatoms. The van der Waals surface area contributed by atoms with Crippen molar-refractivity contribution in [3.63, 3.8) is 0 Å². The standard InChI is InChI=1S/C24H28FN7O3/c1-31(2)22-18-5-3-4-6-19(18)28-23(30-22)27-17-10-7-15(8-11-17)14-26-24(33)29-20-12-9-16(25)13-21(20)32(34)35/h3-6,9,12-13,15,17H,7-8,10-11,14H2,1-2H3,(H2,26,29,33)(H,27,28,30)/t15-,17+. The Morgan fingerprint density at radius 3 is 2.60 bits per heavy atom. The van der Waals surface area contributed by atoms with Gasteiger partial charge in [-0.2, -0.15) is 4.98 Å². The van der Waals surface area contributed by atoms with Crippen molar-refractivity contribution in [2.75, 3.05) is 36.2 Å². The van der Waals surface area contributed by atoms with Gasteiger partial charge in [0, 0.05) is 32.1 Å². The second-order valence-corrected chi connectivity index (χ2v) is 8.90. The lowest BCUT2D eigenvalue weighted by Gasteiger charge is -2.29. The number of rotatable bonds is 7. The van der Waals surface area contributed by atoms with Gasteiger partial charge in [0.2, 0.25) is 5.95 Å². The van der Waals surface area contributed by atoms with Crippen LogP contribution in [-0.2, 0) is 0 Å². The molecular formula is C24H28FN7O3. The molecule has 0 saturated heterocycles. The number of benzene rings is 2. The molecule has 0 aliphatic heterocycles. The molecule has 1 aromatic heterocycles. The Morgan fingerprint density at radius 1 is 1.14 bits per heavy atom. The molecule has 2 amide bonds. The zero-order valence-corrected chi connectivity index (χ0v) is 19.6. The van der Waals surface area contributed by atoms with Crippen LogP contribution < -0.4 is 20.9 Å². The highest BCUT2D eigenvalue weighted by Gasteiger charge is 2.23. The van der Waals surface area contributed by atoms with Gasteiger partial charge in [0.15, 0.2) is 0 Å². The molecule has 3 N–H and O–H groups in total. The highest BCUT2D eigenvalue weighted by molar-refractivity contribution is 5.92. The van der Waals surface area contributed by atoms with Crippen LogP contribution >= 0.6 is 0 Å². The van der Waals surface area contributed by atoms with E-state index in [9.17, 15) is 19.3 Å². The van der Waals surface area contributed by atoms with Crippen molar-refractivity contribution in [1.82, 2.24) is 15.3 Å². The summed E-state index contributed by atoms with van der Waals surface area (Å²) < 4.78 is 13.3. The van der Waals surface area contributed by atoms with Crippen molar-refractivity contribution in [2.24, 2.45) is 5.92 Å². The van der Waals surface area contributed by atoms with Crippen LogP contribution in [0.4, 0.5) is 32.3 Å². The number of nitrogens with one attached hydrogen (secondary N) is 3. The summed E-state index contributed by atoms with van der Waals surface area (Å²) in [6, 6.07) is 10.6. The lowest BCUT2D eigenvalue weighted by Crippen LogP contribution is -2.36. The van der Waals surface area contributed by atoms with E-state index >= 15 is 0 Å². The lowest BCUT2D eigenvalue weighted by atomic mass is 9.86. The van der Waals surface area contributed by atoms with Gasteiger partial charge in [0.1, 0.15) is 17.3 Å². The Labute approximate surface area is 202 Å². The third-order valence-corrected chi connectivity index (χ3v) is 6.14. The van der Waals surface area contributed by atoms with Gasteiger partial charge < -0.3 is 20.9 Å². The number of hydrogen-bond acceptors (Lipinski definition) is 7. The van der Waals surface area contributed by atoms with Crippen LogP contribution in [0.5, 0.6) is 0 Å². The molecule has 1 heterocycles. The van der Waals surface area contributed by atoms with Crippen molar-refractivity contribution < 1.29 is 14.1 Å². The van der Waals surface area contributed by atoms with Gasteiger partial charge in [-0.25, -0.2) is 14.2 Å². The SMILES string of the molecule is CN(C)c1nc(N[C@H]2CC[C@@H](CNC(=O)Nc3ccc(F)cc3[N+](=O)[O-])CC2)nc2ccccc12. The van der Waals surface area contributed by atoms with Crippen LogP contribution in [0.2, 0.25) is 0 Å². The first-order chi connectivity index (χ1) is 16.8. The smallest absolute Gasteiger partial charge is 0.319 e. The molecule has 1 fully saturated rings. The monoisotopic (exact) mass is 481 g/mol. The van der Waals surface area contributed by atoms with Gasteiger partial charge in [-0.15, -0.1) is 0 Å². The molecule has 184 valence electrons. The molecule has 0 spiro atoms. The Kier molecular flexibility index (Phi) is 7.23. The van der Waals surface area contributed by atoms with Gasteiger partial charge in [-0.3, -0.25) is 10.1 Å². The number of carbonyl (C=O) groups is 1. The molecule has 1 saturated carbocycles. The number of amides is 2. The van der Waals surface area contributed by atoms with Crippen molar-refractivity contribution >= 4 is 40.1 Å². The summed E-state index contributed by atoms with van der Waals surface area (Å²) in [6.45, 7) is 0.449. The first-order valence-electron chi connectivity index (χ1n) is 11.5. The summed E-state index contributed by atoms with van der Waals surface area (Å²) in [6.07, 6.45) is 3.63. The second kappa shape index (κ2) is 10.5. The molecule has 0 radical (unpaired) electrons. The quantitative estimate of drug-likeness (QED) is 0.334. The van der Waals surface area contributed by atoms with Crippen LogP contribution in [0.1, 0.15) is 25.7 Å². The number of fused-ring (bicyclic) bond motifs is 1. The van der Waals surface area contributed by atoms with Gasteiger partial charge in [0.05, 0.1) is 16.5 Å². The number of para-hydroxylation sites is 1. The molecule has 1 aliphatic carbocycles. The summed E-state index contributed by atoms with van der Waals surface area (Å²) in [4.78, 5) is 34.0. The highest BCUT2D eigenvalue weighted by atomic mass is 19.1. The number of aromatic nitrogens is 2. The Morgan fingerprint density at radius 2 is 1.89 bits per heavy atom. The molecule has 1 aliphatic rings. The molecule has 2 aromatic carbocycles. The summed E-state index contributed by atoms with van der Waals surface area (Å²) >= 11 is 0. The Balaban J connectivity index is 1.28. The van der Waals surface area contributed by atoms with E-state index in [2.05, 4.69) is 20.9 Å². The summed E-state index contributed by atoms with van der Waals surface area (Å²) in [7, 11) is 3.92. The van der Waals surface area contributed by atoms with Crippen molar-refractivity contribution in [3.8, 4) is 0 Å². The normalized spacial score (nSPS) is 17.6. The third-order valence-electron chi connectivity index (χ3n) is 6.14.